The summed E-state index contributed by atoms with van der Waals surface area (Å²) in [6.07, 6.45) is 6.64. The summed E-state index contributed by atoms with van der Waals surface area (Å²) in [6.45, 7) is 2.30. The second kappa shape index (κ2) is 6.51. The van der Waals surface area contributed by atoms with Crippen molar-refractivity contribution >= 4 is 23.0 Å². The highest BCUT2D eigenvalue weighted by atomic mass is 35.5. The number of hydrogen-bond acceptors (Lipinski definition) is 2. The minimum Gasteiger partial charge on any atom is -0.382 e. The molecule has 1 aliphatic rings. The zero-order valence-corrected chi connectivity index (χ0v) is 13.0. The normalized spacial score (nSPS) is 23.2. The molecule has 3 heteroatoms. The minimum atomic E-state index is 0.611. The van der Waals surface area contributed by atoms with Crippen LogP contribution in [-0.4, -0.2) is 20.1 Å². The Morgan fingerprint density at radius 3 is 2.63 bits per heavy atom. The number of halogens is 1. The maximum absolute atomic E-state index is 6.33. The lowest BCUT2D eigenvalue weighted by molar-refractivity contribution is 0.317. The predicted octanol–water partition coefficient (Wildman–Crippen LogP) is 4.79. The molecule has 0 saturated heterocycles. The van der Waals surface area contributed by atoms with E-state index in [1.807, 2.05) is 19.0 Å². The lowest BCUT2D eigenvalue weighted by Crippen LogP contribution is -2.31. The summed E-state index contributed by atoms with van der Waals surface area (Å²) in [6, 6.07) is 6.90. The molecule has 0 amide bonds. The molecule has 1 aliphatic carbocycles. The summed E-state index contributed by atoms with van der Waals surface area (Å²) < 4.78 is 0. The number of nitrogens with zero attached hydrogens (tertiary/aromatic N) is 1. The molecule has 1 N–H and O–H groups in total. The monoisotopic (exact) mass is 280 g/mol. The topological polar surface area (TPSA) is 15.3 Å². The van der Waals surface area contributed by atoms with Gasteiger partial charge >= 0.3 is 0 Å². The van der Waals surface area contributed by atoms with Gasteiger partial charge in [-0.25, -0.2) is 0 Å². The van der Waals surface area contributed by atoms with Crippen molar-refractivity contribution < 1.29 is 0 Å². The summed E-state index contributed by atoms with van der Waals surface area (Å²) in [5.74, 6) is 0.807. The van der Waals surface area contributed by atoms with E-state index in [0.29, 0.717) is 6.04 Å². The average Bonchev–Trinajstić information content (AvgIpc) is 2.39. The number of benzene rings is 1. The third-order valence-electron chi connectivity index (χ3n) is 4.22. The fourth-order valence-corrected chi connectivity index (χ4v) is 3.41. The Labute approximate surface area is 122 Å². The molecule has 0 bridgehead atoms. The SMILES string of the molecule is CCC1CCCCC1Nc1ccc(N(C)C)c(Cl)c1. The van der Waals surface area contributed by atoms with Gasteiger partial charge in [0.05, 0.1) is 10.7 Å². The number of anilines is 2. The van der Waals surface area contributed by atoms with E-state index < -0.39 is 0 Å². The molecule has 19 heavy (non-hydrogen) atoms. The number of rotatable bonds is 4. The fourth-order valence-electron chi connectivity index (χ4n) is 3.06. The second-order valence-corrected chi connectivity index (χ2v) is 6.17. The Hall–Kier alpha value is -0.890. The Bertz CT molecular complexity index is 417. The smallest absolute Gasteiger partial charge is 0.0659 e. The van der Waals surface area contributed by atoms with Crippen molar-refractivity contribution in [2.45, 2.75) is 45.1 Å². The van der Waals surface area contributed by atoms with Gasteiger partial charge in [-0.05, 0) is 37.0 Å². The van der Waals surface area contributed by atoms with Gasteiger partial charge in [0.25, 0.3) is 0 Å². The van der Waals surface area contributed by atoms with Gasteiger partial charge in [0.2, 0.25) is 0 Å². The molecule has 0 spiro atoms. The molecule has 0 heterocycles. The van der Waals surface area contributed by atoms with Gasteiger partial charge in [-0.2, -0.15) is 0 Å². The van der Waals surface area contributed by atoms with Crippen molar-refractivity contribution in [1.29, 1.82) is 0 Å². The van der Waals surface area contributed by atoms with Crippen LogP contribution in [0.25, 0.3) is 0 Å². The maximum atomic E-state index is 6.33. The first-order valence-corrected chi connectivity index (χ1v) is 7.73. The summed E-state index contributed by atoms with van der Waals surface area (Å²) >= 11 is 6.33. The molecule has 1 aromatic rings. The molecule has 0 radical (unpaired) electrons. The van der Waals surface area contributed by atoms with E-state index in [9.17, 15) is 0 Å². The van der Waals surface area contributed by atoms with Crippen molar-refractivity contribution in [2.75, 3.05) is 24.3 Å². The summed E-state index contributed by atoms with van der Waals surface area (Å²) in [4.78, 5) is 2.04. The minimum absolute atomic E-state index is 0.611. The van der Waals surface area contributed by atoms with Crippen LogP contribution in [0.4, 0.5) is 11.4 Å². The molecule has 106 valence electrons. The van der Waals surface area contributed by atoms with Crippen LogP contribution in [0.15, 0.2) is 18.2 Å². The van der Waals surface area contributed by atoms with Crippen molar-refractivity contribution in [3.8, 4) is 0 Å². The van der Waals surface area contributed by atoms with Crippen LogP contribution in [0, 0.1) is 5.92 Å². The van der Waals surface area contributed by atoms with Crippen molar-refractivity contribution in [1.82, 2.24) is 0 Å². The fraction of sp³-hybridized carbons (Fsp3) is 0.625. The Morgan fingerprint density at radius 2 is 2.00 bits per heavy atom. The highest BCUT2D eigenvalue weighted by Crippen LogP contribution is 2.32. The predicted molar refractivity (Wildman–Crippen MR) is 85.4 cm³/mol. The van der Waals surface area contributed by atoms with Crippen molar-refractivity contribution in [3.05, 3.63) is 23.2 Å². The lowest BCUT2D eigenvalue weighted by Gasteiger charge is -2.32. The van der Waals surface area contributed by atoms with E-state index >= 15 is 0 Å². The van der Waals surface area contributed by atoms with Crippen LogP contribution in [0.1, 0.15) is 39.0 Å². The summed E-state index contributed by atoms with van der Waals surface area (Å²) in [7, 11) is 4.03. The van der Waals surface area contributed by atoms with Gasteiger partial charge in [0.15, 0.2) is 0 Å². The highest BCUT2D eigenvalue weighted by molar-refractivity contribution is 6.33. The Kier molecular flexibility index (Phi) is 4.98. The molecule has 0 aliphatic heterocycles. The quantitative estimate of drug-likeness (QED) is 0.853. The molecule has 2 atom stereocenters. The van der Waals surface area contributed by atoms with Gasteiger partial charge in [-0.3, -0.25) is 0 Å². The Morgan fingerprint density at radius 1 is 1.26 bits per heavy atom. The van der Waals surface area contributed by atoms with Crippen LogP contribution < -0.4 is 10.2 Å². The number of hydrogen-bond donors (Lipinski definition) is 1. The van der Waals surface area contributed by atoms with Gasteiger partial charge in [0.1, 0.15) is 0 Å². The highest BCUT2D eigenvalue weighted by Gasteiger charge is 2.23. The molecular weight excluding hydrogens is 256 g/mol. The van der Waals surface area contributed by atoms with E-state index in [1.165, 1.54) is 32.1 Å². The average molecular weight is 281 g/mol. The number of nitrogens with one attached hydrogen (secondary N) is 1. The zero-order chi connectivity index (χ0) is 13.8. The zero-order valence-electron chi connectivity index (χ0n) is 12.2. The standard InChI is InChI=1S/C16H25ClN2/c1-4-12-7-5-6-8-15(12)18-13-9-10-16(19(2)3)14(17)11-13/h9-12,15,18H,4-8H2,1-3H3. The van der Waals surface area contributed by atoms with E-state index in [0.717, 1.165) is 22.3 Å². The largest absolute Gasteiger partial charge is 0.382 e. The van der Waals surface area contributed by atoms with Crippen molar-refractivity contribution in [3.63, 3.8) is 0 Å². The van der Waals surface area contributed by atoms with E-state index in [1.54, 1.807) is 0 Å². The first-order valence-electron chi connectivity index (χ1n) is 7.35. The summed E-state index contributed by atoms with van der Waals surface area (Å²) in [5, 5.41) is 4.50. The third kappa shape index (κ3) is 3.56. The van der Waals surface area contributed by atoms with Crippen LogP contribution in [-0.2, 0) is 0 Å². The molecular formula is C16H25ClN2. The molecule has 1 fully saturated rings. The van der Waals surface area contributed by atoms with Crippen LogP contribution in [0.5, 0.6) is 0 Å². The van der Waals surface area contributed by atoms with E-state index in [2.05, 4.69) is 30.4 Å². The Balaban J connectivity index is 2.08. The van der Waals surface area contributed by atoms with Gasteiger partial charge in [-0.15, -0.1) is 0 Å². The maximum Gasteiger partial charge on any atom is 0.0659 e. The molecule has 2 nitrogen and oxygen atoms in total. The van der Waals surface area contributed by atoms with E-state index in [-0.39, 0.29) is 0 Å². The molecule has 2 unspecified atom stereocenters. The van der Waals surface area contributed by atoms with Crippen LogP contribution in [0.3, 0.4) is 0 Å². The third-order valence-corrected chi connectivity index (χ3v) is 4.52. The first-order chi connectivity index (χ1) is 9.11. The molecule has 1 aromatic carbocycles. The van der Waals surface area contributed by atoms with Gasteiger partial charge < -0.3 is 10.2 Å². The van der Waals surface area contributed by atoms with E-state index in [4.69, 9.17) is 11.6 Å². The lowest BCUT2D eigenvalue weighted by atomic mass is 9.83. The molecule has 0 aromatic heterocycles. The van der Waals surface area contributed by atoms with Crippen LogP contribution >= 0.6 is 11.6 Å². The van der Waals surface area contributed by atoms with Crippen LogP contribution in [0.2, 0.25) is 5.02 Å². The molecule has 1 saturated carbocycles. The first kappa shape index (κ1) is 14.5. The summed E-state index contributed by atoms with van der Waals surface area (Å²) in [5.41, 5.74) is 2.23. The van der Waals surface area contributed by atoms with Crippen molar-refractivity contribution in [2.24, 2.45) is 5.92 Å². The molecule has 2 rings (SSSR count). The van der Waals surface area contributed by atoms with Gasteiger partial charge in [0, 0.05) is 25.8 Å². The van der Waals surface area contributed by atoms with Gasteiger partial charge in [-0.1, -0.05) is 37.8 Å². The second-order valence-electron chi connectivity index (χ2n) is 5.76.